The second-order valence-corrected chi connectivity index (χ2v) is 4.97. The fourth-order valence-electron chi connectivity index (χ4n) is 2.73. The third-order valence-corrected chi connectivity index (χ3v) is 3.61. The maximum atomic E-state index is 11.9. The van der Waals surface area contributed by atoms with Gasteiger partial charge in [-0.15, -0.1) is 0 Å². The molecule has 4 heteroatoms. The lowest BCUT2D eigenvalue weighted by Gasteiger charge is -2.22. The van der Waals surface area contributed by atoms with E-state index in [0.717, 1.165) is 31.8 Å². The van der Waals surface area contributed by atoms with Gasteiger partial charge in [0.2, 0.25) is 0 Å². The fraction of sp³-hybridized carbons (Fsp3) is 0.533. The van der Waals surface area contributed by atoms with E-state index in [-0.39, 0.29) is 5.78 Å². The van der Waals surface area contributed by atoms with Crippen LogP contribution >= 0.6 is 0 Å². The molecule has 0 bridgehead atoms. The molecule has 19 heavy (non-hydrogen) atoms. The number of ether oxygens (including phenoxy) is 2. The van der Waals surface area contributed by atoms with Gasteiger partial charge >= 0.3 is 0 Å². The quantitative estimate of drug-likeness (QED) is 0.765. The minimum Gasteiger partial charge on any atom is -0.496 e. The van der Waals surface area contributed by atoms with Crippen LogP contribution in [0.4, 0.5) is 5.69 Å². The summed E-state index contributed by atoms with van der Waals surface area (Å²) in [5.74, 6) is 1.24. The van der Waals surface area contributed by atoms with Crippen LogP contribution in [-0.4, -0.2) is 39.7 Å². The number of benzene rings is 1. The first-order chi connectivity index (χ1) is 9.17. The Morgan fingerprint density at radius 1 is 1.42 bits per heavy atom. The molecule has 0 aliphatic carbocycles. The van der Waals surface area contributed by atoms with Gasteiger partial charge in [-0.25, -0.2) is 0 Å². The summed E-state index contributed by atoms with van der Waals surface area (Å²) in [4.78, 5) is 14.1. The van der Waals surface area contributed by atoms with E-state index in [1.54, 1.807) is 21.1 Å². The zero-order valence-corrected chi connectivity index (χ0v) is 11.8. The molecule has 1 atom stereocenters. The van der Waals surface area contributed by atoms with Crippen LogP contribution in [0.1, 0.15) is 23.7 Å². The largest absolute Gasteiger partial charge is 0.496 e. The van der Waals surface area contributed by atoms with Crippen molar-refractivity contribution in [2.24, 2.45) is 5.92 Å². The molecule has 1 fully saturated rings. The summed E-state index contributed by atoms with van der Waals surface area (Å²) < 4.78 is 10.5. The molecule has 1 aromatic carbocycles. The van der Waals surface area contributed by atoms with Gasteiger partial charge in [0.05, 0.1) is 25.0 Å². The number of Topliss-reactive ketones (excluding diaryl/α,β-unsaturated/α-hetero) is 1. The van der Waals surface area contributed by atoms with E-state index in [9.17, 15) is 4.79 Å². The van der Waals surface area contributed by atoms with Gasteiger partial charge in [-0.3, -0.25) is 4.79 Å². The van der Waals surface area contributed by atoms with Gasteiger partial charge < -0.3 is 14.4 Å². The highest BCUT2D eigenvalue weighted by atomic mass is 16.5. The molecule has 0 N–H and O–H groups in total. The SMILES string of the molecule is COCC1CCN(c2cccc(OC)c2C(C)=O)C1. The predicted molar refractivity (Wildman–Crippen MR) is 75.2 cm³/mol. The molecule has 1 aliphatic rings. The average Bonchev–Trinajstić information content (AvgIpc) is 2.86. The van der Waals surface area contributed by atoms with Crippen molar-refractivity contribution in [2.45, 2.75) is 13.3 Å². The molecular formula is C15H21NO3. The summed E-state index contributed by atoms with van der Waals surface area (Å²) in [6.07, 6.45) is 1.10. The molecule has 1 unspecified atom stereocenters. The number of hydrogen-bond donors (Lipinski definition) is 0. The minimum absolute atomic E-state index is 0.0441. The van der Waals surface area contributed by atoms with Crippen LogP contribution in [0.3, 0.4) is 0 Å². The normalized spacial score (nSPS) is 18.7. The maximum absolute atomic E-state index is 11.9. The summed E-state index contributed by atoms with van der Waals surface area (Å²) in [7, 11) is 3.33. The van der Waals surface area contributed by atoms with Gasteiger partial charge in [0.15, 0.2) is 5.78 Å². The van der Waals surface area contributed by atoms with E-state index >= 15 is 0 Å². The monoisotopic (exact) mass is 263 g/mol. The summed E-state index contributed by atoms with van der Waals surface area (Å²) in [5.41, 5.74) is 1.66. The van der Waals surface area contributed by atoms with Crippen LogP contribution in [0.2, 0.25) is 0 Å². The summed E-state index contributed by atoms with van der Waals surface area (Å²) >= 11 is 0. The Bertz CT molecular complexity index is 459. The Morgan fingerprint density at radius 3 is 2.84 bits per heavy atom. The molecule has 1 aliphatic heterocycles. The van der Waals surface area contributed by atoms with E-state index in [2.05, 4.69) is 4.90 Å². The Hall–Kier alpha value is -1.55. The Balaban J connectivity index is 2.28. The molecule has 0 aromatic heterocycles. The van der Waals surface area contributed by atoms with Crippen LogP contribution in [0.5, 0.6) is 5.75 Å². The lowest BCUT2D eigenvalue weighted by molar-refractivity contribution is 0.101. The topological polar surface area (TPSA) is 38.8 Å². The Labute approximate surface area is 114 Å². The van der Waals surface area contributed by atoms with Crippen molar-refractivity contribution in [3.05, 3.63) is 23.8 Å². The van der Waals surface area contributed by atoms with Crippen LogP contribution < -0.4 is 9.64 Å². The van der Waals surface area contributed by atoms with Gasteiger partial charge in [0, 0.05) is 26.1 Å². The highest BCUT2D eigenvalue weighted by molar-refractivity contribution is 6.02. The van der Waals surface area contributed by atoms with Gasteiger partial charge in [-0.1, -0.05) is 6.07 Å². The molecule has 0 saturated carbocycles. The molecule has 1 heterocycles. The molecule has 4 nitrogen and oxygen atoms in total. The molecular weight excluding hydrogens is 242 g/mol. The fourth-order valence-corrected chi connectivity index (χ4v) is 2.73. The maximum Gasteiger partial charge on any atom is 0.165 e. The average molecular weight is 263 g/mol. The number of ketones is 1. The van der Waals surface area contributed by atoms with Gasteiger partial charge in [0.1, 0.15) is 5.75 Å². The van der Waals surface area contributed by atoms with Crippen LogP contribution in [-0.2, 0) is 4.74 Å². The van der Waals surface area contributed by atoms with E-state index < -0.39 is 0 Å². The number of hydrogen-bond acceptors (Lipinski definition) is 4. The lowest BCUT2D eigenvalue weighted by Crippen LogP contribution is -2.23. The molecule has 2 rings (SSSR count). The number of carbonyl (C=O) groups is 1. The van der Waals surface area contributed by atoms with Crippen molar-refractivity contribution in [3.8, 4) is 5.75 Å². The summed E-state index contributed by atoms with van der Waals surface area (Å²) in [6.45, 7) is 4.25. The van der Waals surface area contributed by atoms with E-state index in [1.807, 2.05) is 18.2 Å². The highest BCUT2D eigenvalue weighted by Crippen LogP contribution is 2.33. The van der Waals surface area contributed by atoms with Gasteiger partial charge in [0.25, 0.3) is 0 Å². The van der Waals surface area contributed by atoms with Crippen LogP contribution in [0.15, 0.2) is 18.2 Å². The second-order valence-electron chi connectivity index (χ2n) is 4.97. The first-order valence-electron chi connectivity index (χ1n) is 6.59. The number of methoxy groups -OCH3 is 2. The third kappa shape index (κ3) is 2.89. The van der Waals surface area contributed by atoms with Gasteiger partial charge in [-0.2, -0.15) is 0 Å². The Kier molecular flexibility index (Phi) is 4.43. The number of nitrogens with zero attached hydrogens (tertiary/aromatic N) is 1. The molecule has 104 valence electrons. The summed E-state index contributed by atoms with van der Waals surface area (Å²) in [5, 5.41) is 0. The number of anilines is 1. The molecule has 1 aromatic rings. The lowest BCUT2D eigenvalue weighted by atomic mass is 10.1. The third-order valence-electron chi connectivity index (χ3n) is 3.61. The van der Waals surface area contributed by atoms with Crippen molar-refractivity contribution in [3.63, 3.8) is 0 Å². The van der Waals surface area contributed by atoms with Crippen LogP contribution in [0, 0.1) is 5.92 Å². The second kappa shape index (κ2) is 6.06. The van der Waals surface area contributed by atoms with E-state index in [1.165, 1.54) is 0 Å². The molecule has 0 radical (unpaired) electrons. The van der Waals surface area contributed by atoms with E-state index in [0.29, 0.717) is 17.2 Å². The first-order valence-corrected chi connectivity index (χ1v) is 6.59. The highest BCUT2D eigenvalue weighted by Gasteiger charge is 2.26. The smallest absolute Gasteiger partial charge is 0.165 e. The van der Waals surface area contributed by atoms with Crippen molar-refractivity contribution in [2.75, 3.05) is 38.8 Å². The standard InChI is InChI=1S/C15H21NO3/c1-11(17)15-13(5-4-6-14(15)19-3)16-8-7-12(9-16)10-18-2/h4-6,12H,7-10H2,1-3H3. The zero-order chi connectivity index (χ0) is 13.8. The van der Waals surface area contributed by atoms with Crippen molar-refractivity contribution in [1.82, 2.24) is 0 Å². The molecule has 0 spiro atoms. The van der Waals surface area contributed by atoms with Crippen LogP contribution in [0.25, 0.3) is 0 Å². The van der Waals surface area contributed by atoms with Crippen molar-refractivity contribution in [1.29, 1.82) is 0 Å². The number of rotatable bonds is 5. The van der Waals surface area contributed by atoms with Crippen molar-refractivity contribution < 1.29 is 14.3 Å². The zero-order valence-electron chi connectivity index (χ0n) is 11.8. The van der Waals surface area contributed by atoms with Gasteiger partial charge in [-0.05, 0) is 25.5 Å². The predicted octanol–water partition coefficient (Wildman–Crippen LogP) is 2.37. The molecule has 1 saturated heterocycles. The minimum atomic E-state index is 0.0441. The first kappa shape index (κ1) is 13.9. The number of carbonyl (C=O) groups excluding carboxylic acids is 1. The molecule has 0 amide bonds. The van der Waals surface area contributed by atoms with Crippen molar-refractivity contribution >= 4 is 11.5 Å². The van der Waals surface area contributed by atoms with E-state index in [4.69, 9.17) is 9.47 Å². The Morgan fingerprint density at radius 2 is 2.21 bits per heavy atom. The summed E-state index contributed by atoms with van der Waals surface area (Å²) in [6, 6.07) is 5.77.